The fourth-order valence-corrected chi connectivity index (χ4v) is 6.66. The molecule has 2 aromatic carbocycles. The monoisotopic (exact) mass is 526 g/mol. The average molecular weight is 527 g/mol. The average Bonchev–Trinajstić information content (AvgIpc) is 3.26. The number of fused-ring (bicyclic) bond motifs is 3. The second-order valence-corrected chi connectivity index (χ2v) is 10.6. The molecule has 0 atom stereocenters. The number of aromatic nitrogens is 2. The number of nitrogens with zero attached hydrogens (tertiary/aromatic N) is 2. The first kappa shape index (κ1) is 23.9. The van der Waals surface area contributed by atoms with Crippen molar-refractivity contribution in [1.29, 1.82) is 0 Å². The first-order valence-corrected chi connectivity index (χ1v) is 13.4. The number of hydrogen-bond acceptors (Lipinski definition) is 7. The van der Waals surface area contributed by atoms with Crippen molar-refractivity contribution < 1.29 is 14.3 Å². The third-order valence-electron chi connectivity index (χ3n) is 6.08. The quantitative estimate of drug-likeness (QED) is 0.168. The van der Waals surface area contributed by atoms with Gasteiger partial charge in [-0.2, -0.15) is 0 Å². The lowest BCUT2D eigenvalue weighted by molar-refractivity contribution is 0.102. The Kier molecular flexibility index (Phi) is 6.86. The zero-order chi connectivity index (χ0) is 24.5. The Morgan fingerprint density at radius 2 is 1.83 bits per heavy atom. The molecule has 0 spiro atoms. The Morgan fingerprint density at radius 1 is 1.09 bits per heavy atom. The summed E-state index contributed by atoms with van der Waals surface area (Å²) in [4.78, 5) is 33.7. The van der Waals surface area contributed by atoms with Crippen LogP contribution in [0.2, 0.25) is 5.02 Å². The van der Waals surface area contributed by atoms with Crippen molar-refractivity contribution in [1.82, 2.24) is 9.55 Å². The third kappa shape index (κ3) is 4.58. The lowest BCUT2D eigenvalue weighted by Gasteiger charge is -2.14. The van der Waals surface area contributed by atoms with Crippen LogP contribution in [-0.2, 0) is 12.8 Å². The first-order chi connectivity index (χ1) is 17.0. The fraction of sp³-hybridized carbons (Fsp3) is 0.269. The number of ketones is 1. The summed E-state index contributed by atoms with van der Waals surface area (Å²) in [5, 5.41) is 1.77. The molecule has 1 aliphatic rings. The summed E-state index contributed by atoms with van der Waals surface area (Å²) in [6, 6.07) is 12.2. The highest BCUT2D eigenvalue weighted by Crippen LogP contribution is 2.35. The molecule has 35 heavy (non-hydrogen) atoms. The standard InChI is InChI=1S/C26H23ClN2O4S2/c1-32-20-12-7-15(13-21(20)33-2)19(30)14-34-26-28-24-23(18-5-3-4-6-22(18)35-24)25(31)29(26)17-10-8-16(27)9-11-17/h7-13H,3-6,14H2,1-2H3. The van der Waals surface area contributed by atoms with Crippen LogP contribution in [0, 0.1) is 0 Å². The lowest BCUT2D eigenvalue weighted by Crippen LogP contribution is -2.22. The van der Waals surface area contributed by atoms with Gasteiger partial charge in [0.15, 0.2) is 22.4 Å². The van der Waals surface area contributed by atoms with Gasteiger partial charge in [0.25, 0.3) is 5.56 Å². The number of methoxy groups -OCH3 is 2. The van der Waals surface area contributed by atoms with Gasteiger partial charge in [0.2, 0.25) is 0 Å². The third-order valence-corrected chi connectivity index (χ3v) is 8.46. The van der Waals surface area contributed by atoms with Gasteiger partial charge in [0.05, 0.1) is 31.0 Å². The van der Waals surface area contributed by atoms with E-state index in [1.165, 1.54) is 23.7 Å². The summed E-state index contributed by atoms with van der Waals surface area (Å²) in [6.45, 7) is 0. The van der Waals surface area contributed by atoms with Gasteiger partial charge in [0, 0.05) is 15.5 Å². The second-order valence-electron chi connectivity index (χ2n) is 8.18. The number of Topliss-reactive ketones (excluding diaryl/α,β-unsaturated/α-hetero) is 1. The first-order valence-electron chi connectivity index (χ1n) is 11.2. The van der Waals surface area contributed by atoms with Crippen LogP contribution in [-0.4, -0.2) is 35.3 Å². The number of hydrogen-bond donors (Lipinski definition) is 0. The molecule has 4 aromatic rings. The van der Waals surface area contributed by atoms with Crippen molar-refractivity contribution in [2.24, 2.45) is 0 Å². The van der Waals surface area contributed by atoms with Gasteiger partial charge in [-0.3, -0.25) is 14.2 Å². The fourth-order valence-electron chi connectivity index (χ4n) is 4.32. The molecule has 5 rings (SSSR count). The maximum Gasteiger partial charge on any atom is 0.267 e. The van der Waals surface area contributed by atoms with Crippen LogP contribution in [0.5, 0.6) is 11.5 Å². The van der Waals surface area contributed by atoms with E-state index >= 15 is 0 Å². The molecule has 0 N–H and O–H groups in total. The van der Waals surface area contributed by atoms with E-state index in [4.69, 9.17) is 26.1 Å². The van der Waals surface area contributed by atoms with E-state index in [1.807, 2.05) is 0 Å². The van der Waals surface area contributed by atoms with E-state index in [0.29, 0.717) is 38.3 Å². The number of ether oxygens (including phenoxy) is 2. The molecule has 0 radical (unpaired) electrons. The molecule has 2 aromatic heterocycles. The Bertz CT molecular complexity index is 1480. The number of rotatable bonds is 7. The van der Waals surface area contributed by atoms with Crippen LogP contribution in [0.25, 0.3) is 15.9 Å². The summed E-state index contributed by atoms with van der Waals surface area (Å²) in [6.07, 6.45) is 4.09. The Labute approximate surface area is 215 Å². The summed E-state index contributed by atoms with van der Waals surface area (Å²) in [5.41, 5.74) is 2.21. The molecule has 180 valence electrons. The Morgan fingerprint density at radius 3 is 2.57 bits per heavy atom. The van der Waals surface area contributed by atoms with Gasteiger partial charge in [-0.15, -0.1) is 11.3 Å². The van der Waals surface area contributed by atoms with Crippen LogP contribution in [0.3, 0.4) is 0 Å². The van der Waals surface area contributed by atoms with E-state index in [-0.39, 0.29) is 17.1 Å². The molecule has 2 heterocycles. The van der Waals surface area contributed by atoms with E-state index in [1.54, 1.807) is 65.5 Å². The molecule has 0 amide bonds. The summed E-state index contributed by atoms with van der Waals surface area (Å²) < 4.78 is 12.2. The zero-order valence-corrected chi connectivity index (χ0v) is 21.7. The predicted octanol–water partition coefficient (Wildman–Crippen LogP) is 5.97. The molecule has 1 aliphatic carbocycles. The summed E-state index contributed by atoms with van der Waals surface area (Å²) in [7, 11) is 3.08. The predicted molar refractivity (Wildman–Crippen MR) is 141 cm³/mol. The van der Waals surface area contributed by atoms with Crippen molar-refractivity contribution in [2.75, 3.05) is 20.0 Å². The van der Waals surface area contributed by atoms with Gasteiger partial charge in [-0.1, -0.05) is 23.4 Å². The lowest BCUT2D eigenvalue weighted by atomic mass is 9.97. The second kappa shape index (κ2) is 10.0. The zero-order valence-electron chi connectivity index (χ0n) is 19.3. The maximum absolute atomic E-state index is 13.8. The van der Waals surface area contributed by atoms with Crippen LogP contribution in [0.4, 0.5) is 0 Å². The van der Waals surface area contributed by atoms with E-state index < -0.39 is 0 Å². The molecule has 9 heteroatoms. The maximum atomic E-state index is 13.8. The molecule has 0 aliphatic heterocycles. The normalized spacial score (nSPS) is 13.0. The molecule has 0 unspecified atom stereocenters. The number of halogens is 1. The van der Waals surface area contributed by atoms with E-state index in [2.05, 4.69) is 0 Å². The Balaban J connectivity index is 1.55. The van der Waals surface area contributed by atoms with E-state index in [9.17, 15) is 9.59 Å². The smallest absolute Gasteiger partial charge is 0.267 e. The van der Waals surface area contributed by atoms with Crippen LogP contribution in [0.1, 0.15) is 33.6 Å². The molecular formula is C26H23ClN2O4S2. The van der Waals surface area contributed by atoms with Crippen molar-refractivity contribution >= 4 is 50.7 Å². The molecule has 0 fully saturated rings. The number of thiophene rings is 1. The minimum Gasteiger partial charge on any atom is -0.493 e. The highest BCUT2D eigenvalue weighted by atomic mass is 35.5. The summed E-state index contributed by atoms with van der Waals surface area (Å²) >= 11 is 8.95. The molecule has 6 nitrogen and oxygen atoms in total. The van der Waals surface area contributed by atoms with Gasteiger partial charge in [-0.05, 0) is 73.7 Å². The minimum atomic E-state index is -0.0993. The van der Waals surface area contributed by atoms with Gasteiger partial charge >= 0.3 is 0 Å². The van der Waals surface area contributed by atoms with Gasteiger partial charge < -0.3 is 9.47 Å². The number of carbonyl (C=O) groups excluding carboxylic acids is 1. The minimum absolute atomic E-state index is 0.0987. The van der Waals surface area contributed by atoms with Crippen LogP contribution >= 0.6 is 34.7 Å². The van der Waals surface area contributed by atoms with Gasteiger partial charge in [0.1, 0.15) is 4.83 Å². The van der Waals surface area contributed by atoms with Crippen molar-refractivity contribution in [3.63, 3.8) is 0 Å². The molecular weight excluding hydrogens is 504 g/mol. The topological polar surface area (TPSA) is 70.4 Å². The van der Waals surface area contributed by atoms with Crippen LogP contribution in [0.15, 0.2) is 52.4 Å². The highest BCUT2D eigenvalue weighted by Gasteiger charge is 2.23. The largest absolute Gasteiger partial charge is 0.493 e. The van der Waals surface area contributed by atoms with Crippen molar-refractivity contribution in [2.45, 2.75) is 30.8 Å². The highest BCUT2D eigenvalue weighted by molar-refractivity contribution is 7.99. The molecule has 0 saturated carbocycles. The van der Waals surface area contributed by atoms with Crippen LogP contribution < -0.4 is 15.0 Å². The van der Waals surface area contributed by atoms with Crippen molar-refractivity contribution in [3.05, 3.63) is 73.8 Å². The SMILES string of the molecule is COc1ccc(C(=O)CSc2nc3sc4c(c3c(=O)n2-c2ccc(Cl)cc2)CCCC4)cc1OC. The molecule has 0 saturated heterocycles. The van der Waals surface area contributed by atoms with E-state index in [0.717, 1.165) is 36.1 Å². The number of benzene rings is 2. The molecule has 0 bridgehead atoms. The van der Waals surface area contributed by atoms with Gasteiger partial charge in [-0.25, -0.2) is 4.98 Å². The number of thioether (sulfide) groups is 1. The number of carbonyl (C=O) groups is 1. The Hall–Kier alpha value is -2.81. The number of aryl methyl sites for hydroxylation is 2. The van der Waals surface area contributed by atoms with Crippen molar-refractivity contribution in [3.8, 4) is 17.2 Å². The summed E-state index contributed by atoms with van der Waals surface area (Å²) in [5.74, 6) is 1.07.